The monoisotopic (exact) mass is 376 g/mol. The first-order valence-electron chi connectivity index (χ1n) is 7.57. The molecule has 0 saturated carbocycles. The molecule has 0 radical (unpaired) electrons. The highest BCUT2D eigenvalue weighted by atomic mass is 35.5. The Morgan fingerprint density at radius 3 is 3.04 bits per heavy atom. The maximum atomic E-state index is 6.30. The quantitative estimate of drug-likeness (QED) is 0.554. The molecule has 3 aromatic rings. The lowest BCUT2D eigenvalue weighted by Crippen LogP contribution is -1.97. The molecule has 1 aliphatic heterocycles. The molecule has 0 unspecified atom stereocenters. The highest BCUT2D eigenvalue weighted by Gasteiger charge is 2.15. The zero-order chi connectivity index (χ0) is 17.2. The fraction of sp³-hybridized carbons (Fsp3) is 0.188. The van der Waals surface area contributed by atoms with Gasteiger partial charge in [0, 0.05) is 6.42 Å². The lowest BCUT2D eigenvalue weighted by atomic mass is 10.2. The largest absolute Gasteiger partial charge is 0.489 e. The normalized spacial score (nSPS) is 14.0. The summed E-state index contributed by atoms with van der Waals surface area (Å²) in [6.45, 7) is 1.16. The Bertz CT molecular complexity index is 978. The van der Waals surface area contributed by atoms with Gasteiger partial charge in [-0.2, -0.15) is 9.78 Å². The van der Waals surface area contributed by atoms with Crippen molar-refractivity contribution in [3.63, 3.8) is 0 Å². The van der Waals surface area contributed by atoms with Gasteiger partial charge in [-0.1, -0.05) is 11.6 Å². The van der Waals surface area contributed by atoms with Gasteiger partial charge in [0.05, 0.1) is 30.7 Å². The number of fused-ring (bicyclic) bond motifs is 1. The Balaban J connectivity index is 1.70. The summed E-state index contributed by atoms with van der Waals surface area (Å²) in [7, 11) is 0. The van der Waals surface area contributed by atoms with E-state index in [4.69, 9.17) is 37.7 Å². The zero-order valence-electron chi connectivity index (χ0n) is 12.9. The Morgan fingerprint density at radius 2 is 2.20 bits per heavy atom. The van der Waals surface area contributed by atoms with Crippen molar-refractivity contribution in [3.05, 3.63) is 45.9 Å². The highest BCUT2D eigenvalue weighted by Crippen LogP contribution is 2.37. The third kappa shape index (κ3) is 3.18. The lowest BCUT2D eigenvalue weighted by Gasteiger charge is -2.09. The molecule has 9 heteroatoms. The fourth-order valence-electron chi connectivity index (χ4n) is 2.41. The summed E-state index contributed by atoms with van der Waals surface area (Å²) in [6.07, 6.45) is 3.99. The molecule has 0 spiro atoms. The van der Waals surface area contributed by atoms with Crippen LogP contribution in [0.5, 0.6) is 11.5 Å². The standard InChI is InChI=1S/C16H13ClN4O3S/c17-11-7-10(8-13-14(11)24-6-2-5-23-13)9-18-21-15(19-20-16(21)25)12-3-1-4-22-12/h1,3-4,7-9H,2,5-6H2,(H,20,25)/b18-9-. The molecule has 0 amide bonds. The second-order valence-corrected chi connectivity index (χ2v) is 6.06. The van der Waals surface area contributed by atoms with Crippen LogP contribution in [0.4, 0.5) is 0 Å². The van der Waals surface area contributed by atoms with Crippen molar-refractivity contribution < 1.29 is 13.9 Å². The molecule has 25 heavy (non-hydrogen) atoms. The smallest absolute Gasteiger partial charge is 0.219 e. The molecule has 1 N–H and O–H groups in total. The van der Waals surface area contributed by atoms with Gasteiger partial charge in [0.15, 0.2) is 17.3 Å². The summed E-state index contributed by atoms with van der Waals surface area (Å²) in [5, 5.41) is 11.7. The Labute approximate surface area is 152 Å². The minimum atomic E-state index is 0.350. The average molecular weight is 377 g/mol. The van der Waals surface area contributed by atoms with E-state index in [0.29, 0.717) is 46.1 Å². The average Bonchev–Trinajstić information content (AvgIpc) is 3.17. The molecule has 2 aromatic heterocycles. The van der Waals surface area contributed by atoms with Gasteiger partial charge in [-0.3, -0.25) is 0 Å². The number of hydrogen-bond acceptors (Lipinski definition) is 6. The van der Waals surface area contributed by atoms with Gasteiger partial charge < -0.3 is 13.9 Å². The second kappa shape index (κ2) is 6.73. The molecule has 0 aliphatic carbocycles. The lowest BCUT2D eigenvalue weighted by molar-refractivity contribution is 0.297. The summed E-state index contributed by atoms with van der Waals surface area (Å²) in [4.78, 5) is 0. The number of ether oxygens (including phenoxy) is 2. The van der Waals surface area contributed by atoms with Gasteiger partial charge in [-0.25, -0.2) is 5.10 Å². The molecule has 3 heterocycles. The molecule has 1 aliphatic rings. The van der Waals surface area contributed by atoms with Gasteiger partial charge in [0.2, 0.25) is 10.6 Å². The first-order valence-corrected chi connectivity index (χ1v) is 8.36. The minimum Gasteiger partial charge on any atom is -0.489 e. The van der Waals surface area contributed by atoms with E-state index in [0.717, 1.165) is 12.0 Å². The predicted molar refractivity (Wildman–Crippen MR) is 95.2 cm³/mol. The molecular weight excluding hydrogens is 364 g/mol. The van der Waals surface area contributed by atoms with Gasteiger partial charge in [-0.15, -0.1) is 5.10 Å². The molecular formula is C16H13ClN4O3S. The maximum Gasteiger partial charge on any atom is 0.219 e. The molecule has 4 rings (SSSR count). The SMILES string of the molecule is S=c1[nH]nc(-c2ccco2)n1/N=C\c1cc(Cl)c2c(c1)OCCCO2. The third-order valence-corrected chi connectivity index (χ3v) is 4.08. The van der Waals surface area contributed by atoms with Crippen molar-refractivity contribution in [2.24, 2.45) is 5.10 Å². The number of nitrogens with one attached hydrogen (secondary N) is 1. The van der Waals surface area contributed by atoms with Gasteiger partial charge in [-0.05, 0) is 42.0 Å². The van der Waals surface area contributed by atoms with Crippen LogP contribution in [0.1, 0.15) is 12.0 Å². The molecule has 0 atom stereocenters. The number of benzene rings is 1. The van der Waals surface area contributed by atoms with Crippen molar-refractivity contribution in [3.8, 4) is 23.1 Å². The van der Waals surface area contributed by atoms with E-state index < -0.39 is 0 Å². The zero-order valence-corrected chi connectivity index (χ0v) is 14.5. The summed E-state index contributed by atoms with van der Waals surface area (Å²) in [5.41, 5.74) is 0.753. The van der Waals surface area contributed by atoms with Crippen LogP contribution in [0.15, 0.2) is 40.0 Å². The summed E-state index contributed by atoms with van der Waals surface area (Å²) in [6, 6.07) is 7.13. The van der Waals surface area contributed by atoms with Gasteiger partial charge in [0.25, 0.3) is 0 Å². The highest BCUT2D eigenvalue weighted by molar-refractivity contribution is 7.71. The molecule has 7 nitrogen and oxygen atoms in total. The van der Waals surface area contributed by atoms with Crippen LogP contribution in [-0.4, -0.2) is 34.3 Å². The number of rotatable bonds is 3. The summed E-state index contributed by atoms with van der Waals surface area (Å²) in [5.74, 6) is 2.20. The summed E-state index contributed by atoms with van der Waals surface area (Å²) < 4.78 is 18.5. The van der Waals surface area contributed by atoms with E-state index in [-0.39, 0.29) is 0 Å². The number of nitrogens with zero attached hydrogens (tertiary/aromatic N) is 3. The van der Waals surface area contributed by atoms with E-state index in [2.05, 4.69) is 15.3 Å². The van der Waals surface area contributed by atoms with E-state index in [1.54, 1.807) is 30.7 Å². The van der Waals surface area contributed by atoms with E-state index in [1.165, 1.54) is 4.68 Å². The Hall–Kier alpha value is -2.58. The van der Waals surface area contributed by atoms with Gasteiger partial charge >= 0.3 is 0 Å². The molecule has 0 bridgehead atoms. The number of H-pyrrole nitrogens is 1. The first kappa shape index (κ1) is 15.9. The van der Waals surface area contributed by atoms with Crippen molar-refractivity contribution in [2.75, 3.05) is 13.2 Å². The Morgan fingerprint density at radius 1 is 1.32 bits per heavy atom. The van der Waals surface area contributed by atoms with Crippen LogP contribution in [0.3, 0.4) is 0 Å². The maximum absolute atomic E-state index is 6.30. The van der Waals surface area contributed by atoms with Gasteiger partial charge in [0.1, 0.15) is 0 Å². The summed E-state index contributed by atoms with van der Waals surface area (Å²) >= 11 is 11.5. The van der Waals surface area contributed by atoms with Crippen molar-refractivity contribution in [2.45, 2.75) is 6.42 Å². The van der Waals surface area contributed by atoms with Crippen molar-refractivity contribution in [1.29, 1.82) is 0 Å². The predicted octanol–water partition coefficient (Wildman–Crippen LogP) is 3.90. The fourth-order valence-corrected chi connectivity index (χ4v) is 2.87. The number of hydrogen-bond donors (Lipinski definition) is 1. The number of aromatic nitrogens is 3. The topological polar surface area (TPSA) is 77.6 Å². The van der Waals surface area contributed by atoms with E-state index in [9.17, 15) is 0 Å². The second-order valence-electron chi connectivity index (χ2n) is 5.27. The number of aromatic amines is 1. The van der Waals surface area contributed by atoms with Crippen LogP contribution < -0.4 is 9.47 Å². The van der Waals surface area contributed by atoms with E-state index in [1.807, 2.05) is 6.07 Å². The van der Waals surface area contributed by atoms with Crippen LogP contribution >= 0.6 is 23.8 Å². The van der Waals surface area contributed by atoms with Crippen LogP contribution in [0.2, 0.25) is 5.02 Å². The molecule has 128 valence electrons. The Kier molecular flexibility index (Phi) is 4.29. The van der Waals surface area contributed by atoms with Crippen LogP contribution in [-0.2, 0) is 0 Å². The molecule has 0 fully saturated rings. The number of halogens is 1. The van der Waals surface area contributed by atoms with E-state index >= 15 is 0 Å². The minimum absolute atomic E-state index is 0.350. The first-order chi connectivity index (χ1) is 12.2. The molecule has 0 saturated heterocycles. The molecule has 1 aromatic carbocycles. The number of furan rings is 1. The van der Waals surface area contributed by atoms with Crippen molar-refractivity contribution >= 4 is 30.0 Å². The van der Waals surface area contributed by atoms with Crippen LogP contribution in [0, 0.1) is 4.77 Å². The third-order valence-electron chi connectivity index (χ3n) is 3.54. The van der Waals surface area contributed by atoms with Crippen LogP contribution in [0.25, 0.3) is 11.6 Å². The van der Waals surface area contributed by atoms with Crippen molar-refractivity contribution in [1.82, 2.24) is 14.9 Å².